The van der Waals surface area contributed by atoms with Crippen LogP contribution in [-0.2, 0) is 16.0 Å². The predicted octanol–water partition coefficient (Wildman–Crippen LogP) is 0.409. The van der Waals surface area contributed by atoms with E-state index in [2.05, 4.69) is 10.6 Å². The zero-order valence-corrected chi connectivity index (χ0v) is 17.9. The molecule has 3 heterocycles. The maximum Gasteiger partial charge on any atom is 0.252 e. The number of hydrogen-bond donors (Lipinski definition) is 2. The molecular weight excluding hydrogens is 384 g/mol. The van der Waals surface area contributed by atoms with Gasteiger partial charge in [-0.05, 0) is 49.9 Å². The molecule has 2 N–H and O–H groups in total. The fourth-order valence-electron chi connectivity index (χ4n) is 5.03. The molecule has 2 fully saturated rings. The highest BCUT2D eigenvalue weighted by molar-refractivity contribution is 5.98. The van der Waals surface area contributed by atoms with Crippen LogP contribution in [0.2, 0.25) is 0 Å². The highest BCUT2D eigenvalue weighted by atomic mass is 16.5. The molecule has 3 atom stereocenters. The van der Waals surface area contributed by atoms with Gasteiger partial charge in [-0.25, -0.2) is 0 Å². The number of aryl methyl sites for hydroxylation is 1. The average molecular weight is 415 g/mol. The average Bonchev–Trinajstić information content (AvgIpc) is 3.37. The fraction of sp³-hybridized carbons (Fsp3) is 0.591. The molecule has 4 rings (SSSR count). The second-order valence-corrected chi connectivity index (χ2v) is 8.79. The summed E-state index contributed by atoms with van der Waals surface area (Å²) >= 11 is 0. The second kappa shape index (κ2) is 7.91. The number of ether oxygens (including phenoxy) is 1. The third-order valence-corrected chi connectivity index (χ3v) is 6.72. The predicted molar refractivity (Wildman–Crippen MR) is 111 cm³/mol. The van der Waals surface area contributed by atoms with E-state index < -0.39 is 11.5 Å². The van der Waals surface area contributed by atoms with Crippen LogP contribution in [0, 0.1) is 5.92 Å². The highest BCUT2D eigenvalue weighted by Gasteiger charge is 2.54. The third kappa shape index (κ3) is 3.53. The van der Waals surface area contributed by atoms with Crippen molar-refractivity contribution in [1.29, 1.82) is 0 Å². The van der Waals surface area contributed by atoms with Gasteiger partial charge < -0.3 is 25.2 Å². The van der Waals surface area contributed by atoms with E-state index in [0.29, 0.717) is 37.2 Å². The van der Waals surface area contributed by atoms with E-state index in [9.17, 15) is 14.4 Å². The minimum atomic E-state index is -0.779. The molecule has 0 saturated carbocycles. The molecule has 1 aromatic rings. The van der Waals surface area contributed by atoms with Crippen LogP contribution in [0.3, 0.4) is 0 Å². The van der Waals surface area contributed by atoms with E-state index in [-0.39, 0.29) is 23.8 Å². The lowest BCUT2D eigenvalue weighted by Crippen LogP contribution is -2.57. The summed E-state index contributed by atoms with van der Waals surface area (Å²) in [6.07, 6.45) is 3.04. The van der Waals surface area contributed by atoms with Crippen molar-refractivity contribution >= 4 is 17.7 Å². The van der Waals surface area contributed by atoms with Gasteiger partial charge in [0.15, 0.2) is 0 Å². The van der Waals surface area contributed by atoms with Crippen molar-refractivity contribution in [2.24, 2.45) is 5.92 Å². The first kappa shape index (κ1) is 20.7. The smallest absolute Gasteiger partial charge is 0.252 e. The van der Waals surface area contributed by atoms with E-state index in [1.807, 2.05) is 12.1 Å². The Morgan fingerprint density at radius 1 is 1.30 bits per heavy atom. The maximum absolute atomic E-state index is 13.2. The molecule has 2 saturated heterocycles. The highest BCUT2D eigenvalue weighted by Crippen LogP contribution is 2.37. The number of carbonyl (C=O) groups is 3. The van der Waals surface area contributed by atoms with Gasteiger partial charge in [-0.2, -0.15) is 0 Å². The Labute approximate surface area is 176 Å². The molecule has 0 bridgehead atoms. The standard InChI is InChI=1S/C22H30N4O4/c1-25(2)20(28)17-12-26(21(29)18-5-4-10-23-18)13-22(17)9-8-14-6-7-15(30-3)11-16(14)19(27)24-22/h6-7,11,17-18,23H,4-5,8-10,12-13H2,1-3H3,(H,24,27)/t17-,18+,22+/m1/s1. The van der Waals surface area contributed by atoms with Gasteiger partial charge in [0, 0.05) is 32.7 Å². The largest absolute Gasteiger partial charge is 0.497 e. The number of benzene rings is 1. The lowest BCUT2D eigenvalue weighted by Gasteiger charge is -2.34. The van der Waals surface area contributed by atoms with Crippen LogP contribution >= 0.6 is 0 Å². The summed E-state index contributed by atoms with van der Waals surface area (Å²) in [5.74, 6) is -0.104. The zero-order chi connectivity index (χ0) is 21.5. The van der Waals surface area contributed by atoms with E-state index in [4.69, 9.17) is 4.74 Å². The monoisotopic (exact) mass is 414 g/mol. The van der Waals surface area contributed by atoms with E-state index in [1.165, 1.54) is 0 Å². The van der Waals surface area contributed by atoms with Gasteiger partial charge in [0.25, 0.3) is 5.91 Å². The Kier molecular flexibility index (Phi) is 5.44. The van der Waals surface area contributed by atoms with Crippen LogP contribution in [0.15, 0.2) is 18.2 Å². The van der Waals surface area contributed by atoms with Crippen LogP contribution < -0.4 is 15.4 Å². The lowest BCUT2D eigenvalue weighted by atomic mass is 9.81. The molecule has 8 nitrogen and oxygen atoms in total. The van der Waals surface area contributed by atoms with Crippen LogP contribution in [-0.4, -0.2) is 79.9 Å². The van der Waals surface area contributed by atoms with Crippen molar-refractivity contribution < 1.29 is 19.1 Å². The Balaban J connectivity index is 1.65. The lowest BCUT2D eigenvalue weighted by molar-refractivity contribution is -0.135. The van der Waals surface area contributed by atoms with Crippen LogP contribution in [0.5, 0.6) is 5.75 Å². The van der Waals surface area contributed by atoms with Crippen molar-refractivity contribution in [3.8, 4) is 5.75 Å². The Morgan fingerprint density at radius 3 is 2.77 bits per heavy atom. The minimum absolute atomic E-state index is 0.0265. The van der Waals surface area contributed by atoms with Crippen molar-refractivity contribution in [1.82, 2.24) is 20.4 Å². The number of rotatable bonds is 3. The first-order chi connectivity index (χ1) is 14.3. The van der Waals surface area contributed by atoms with Gasteiger partial charge in [0.1, 0.15) is 5.75 Å². The summed E-state index contributed by atoms with van der Waals surface area (Å²) in [4.78, 5) is 42.7. The molecule has 30 heavy (non-hydrogen) atoms. The van der Waals surface area contributed by atoms with Gasteiger partial charge in [0.05, 0.1) is 24.6 Å². The normalized spacial score (nSPS) is 28.1. The molecule has 0 aromatic heterocycles. The van der Waals surface area contributed by atoms with Crippen LogP contribution in [0.25, 0.3) is 0 Å². The SMILES string of the molecule is COc1ccc2c(c1)C(=O)N[C@@]1(CC2)CN(C(=O)[C@@H]2CCCN2)C[C@@H]1C(=O)N(C)C. The molecule has 162 valence electrons. The number of carbonyl (C=O) groups excluding carboxylic acids is 3. The molecule has 3 aliphatic heterocycles. The summed E-state index contributed by atoms with van der Waals surface area (Å²) in [7, 11) is 5.01. The van der Waals surface area contributed by atoms with Crippen molar-refractivity contribution in [2.75, 3.05) is 40.8 Å². The molecule has 1 aromatic carbocycles. The van der Waals surface area contributed by atoms with Crippen molar-refractivity contribution in [2.45, 2.75) is 37.3 Å². The molecule has 8 heteroatoms. The van der Waals surface area contributed by atoms with Crippen molar-refractivity contribution in [3.05, 3.63) is 29.3 Å². The van der Waals surface area contributed by atoms with Gasteiger partial charge in [-0.3, -0.25) is 14.4 Å². The topological polar surface area (TPSA) is 91.0 Å². The number of nitrogens with zero attached hydrogens (tertiary/aromatic N) is 2. The van der Waals surface area contributed by atoms with Gasteiger partial charge in [0.2, 0.25) is 11.8 Å². The van der Waals surface area contributed by atoms with E-state index >= 15 is 0 Å². The Hall–Kier alpha value is -2.61. The molecule has 0 radical (unpaired) electrons. The van der Waals surface area contributed by atoms with E-state index in [0.717, 1.165) is 24.9 Å². The summed E-state index contributed by atoms with van der Waals surface area (Å²) in [5, 5.41) is 6.42. The number of nitrogens with one attached hydrogen (secondary N) is 2. The van der Waals surface area contributed by atoms with Gasteiger partial charge in [-0.1, -0.05) is 6.07 Å². The Morgan fingerprint density at radius 2 is 2.10 bits per heavy atom. The zero-order valence-electron chi connectivity index (χ0n) is 17.9. The molecule has 3 amide bonds. The first-order valence-corrected chi connectivity index (χ1v) is 10.6. The maximum atomic E-state index is 13.2. The summed E-state index contributed by atoms with van der Waals surface area (Å²) in [6.45, 7) is 1.52. The van der Waals surface area contributed by atoms with Crippen LogP contribution in [0.4, 0.5) is 0 Å². The number of amides is 3. The number of likely N-dealkylation sites (tertiary alicyclic amines) is 1. The summed E-state index contributed by atoms with van der Waals surface area (Å²) < 4.78 is 5.28. The number of methoxy groups -OCH3 is 1. The fourth-order valence-corrected chi connectivity index (χ4v) is 5.03. The summed E-state index contributed by atoms with van der Waals surface area (Å²) in [6, 6.07) is 5.31. The molecule has 1 spiro atoms. The first-order valence-electron chi connectivity index (χ1n) is 10.6. The minimum Gasteiger partial charge on any atom is -0.497 e. The quantitative estimate of drug-likeness (QED) is 0.748. The van der Waals surface area contributed by atoms with E-state index in [1.54, 1.807) is 37.1 Å². The molecular formula is C22H30N4O4. The second-order valence-electron chi connectivity index (χ2n) is 8.79. The van der Waals surface area contributed by atoms with Gasteiger partial charge >= 0.3 is 0 Å². The third-order valence-electron chi connectivity index (χ3n) is 6.72. The molecule has 0 aliphatic carbocycles. The van der Waals surface area contributed by atoms with Crippen LogP contribution in [0.1, 0.15) is 35.2 Å². The van der Waals surface area contributed by atoms with Crippen molar-refractivity contribution in [3.63, 3.8) is 0 Å². The van der Waals surface area contributed by atoms with Gasteiger partial charge in [-0.15, -0.1) is 0 Å². The number of hydrogen-bond acceptors (Lipinski definition) is 5. The molecule has 3 aliphatic rings. The number of fused-ring (bicyclic) bond motifs is 1. The molecule has 0 unspecified atom stereocenters. The Bertz CT molecular complexity index is 865. The summed E-state index contributed by atoms with van der Waals surface area (Å²) in [5.41, 5.74) is 0.729.